The molecule has 3 rings (SSSR count). The number of nitrogens with one attached hydrogen (secondary N) is 3. The second kappa shape index (κ2) is 14.7. The van der Waals surface area contributed by atoms with E-state index in [1.165, 1.54) is 12.0 Å². The first-order valence-corrected chi connectivity index (χ1v) is 14.0. The summed E-state index contributed by atoms with van der Waals surface area (Å²) in [4.78, 5) is 49.7. The number of nitrogens with zero attached hydrogens (tertiary/aromatic N) is 1. The normalized spacial score (nSPS) is 27.7. The van der Waals surface area contributed by atoms with Crippen molar-refractivity contribution in [3.8, 4) is 0 Å². The standard InChI is InChI=1S/C25H40N4O7S/c1-4-18(34-3)21-16(2)23(31)29(24(21)32)10-12-36-14-13-35-11-9-26-20(30)8-6-5-7-19-22-17(15-37-19)27-25(33)28-22/h4,16-19,21-22H,1,5-15H2,2-3H3,(H,26,30)(H2,27,28,33)/t16?,17-,18?,19-,21?,22-/m0/s1. The number of fused-ring (bicyclic) bond motifs is 1. The van der Waals surface area contributed by atoms with Crippen LogP contribution in [0.1, 0.15) is 32.6 Å². The summed E-state index contributed by atoms with van der Waals surface area (Å²) in [7, 11) is 1.50. The highest BCUT2D eigenvalue weighted by molar-refractivity contribution is 8.00. The van der Waals surface area contributed by atoms with Gasteiger partial charge in [-0.3, -0.25) is 19.3 Å². The lowest BCUT2D eigenvalue weighted by Crippen LogP contribution is -2.36. The highest BCUT2D eigenvalue weighted by Crippen LogP contribution is 2.33. The van der Waals surface area contributed by atoms with Gasteiger partial charge in [-0.25, -0.2) is 4.79 Å². The Morgan fingerprint density at radius 2 is 1.92 bits per heavy atom. The summed E-state index contributed by atoms with van der Waals surface area (Å²) in [6.07, 6.45) is 4.29. The van der Waals surface area contributed by atoms with Crippen LogP contribution in [-0.4, -0.2) is 104 Å². The number of hydrogen-bond acceptors (Lipinski definition) is 8. The van der Waals surface area contributed by atoms with Crippen LogP contribution in [-0.2, 0) is 28.6 Å². The van der Waals surface area contributed by atoms with Crippen molar-refractivity contribution in [3.63, 3.8) is 0 Å². The Morgan fingerprint density at radius 1 is 1.16 bits per heavy atom. The predicted octanol–water partition coefficient (Wildman–Crippen LogP) is 0.684. The van der Waals surface area contributed by atoms with Gasteiger partial charge in [0.05, 0.1) is 63.0 Å². The smallest absolute Gasteiger partial charge is 0.315 e. The number of carbonyl (C=O) groups is 4. The number of imide groups is 1. The van der Waals surface area contributed by atoms with Gasteiger partial charge in [-0.2, -0.15) is 11.8 Å². The molecular formula is C25H40N4O7S. The molecule has 0 aromatic heterocycles. The van der Waals surface area contributed by atoms with Crippen LogP contribution >= 0.6 is 11.8 Å². The van der Waals surface area contributed by atoms with Crippen LogP contribution in [0.25, 0.3) is 0 Å². The summed E-state index contributed by atoms with van der Waals surface area (Å²) in [6, 6.07) is 0.370. The van der Waals surface area contributed by atoms with Crippen molar-refractivity contribution in [2.45, 2.75) is 56.0 Å². The van der Waals surface area contributed by atoms with E-state index in [0.717, 1.165) is 25.0 Å². The summed E-state index contributed by atoms with van der Waals surface area (Å²) in [6.45, 7) is 7.32. The zero-order valence-corrected chi connectivity index (χ0v) is 22.6. The van der Waals surface area contributed by atoms with E-state index in [1.54, 1.807) is 13.0 Å². The average Bonchev–Trinajstić information content (AvgIpc) is 3.49. The molecule has 0 aromatic rings. The van der Waals surface area contributed by atoms with Gasteiger partial charge in [0.25, 0.3) is 0 Å². The molecule has 3 heterocycles. The van der Waals surface area contributed by atoms with Crippen molar-refractivity contribution >= 4 is 35.5 Å². The lowest BCUT2D eigenvalue weighted by molar-refractivity contribution is -0.141. The number of amides is 5. The van der Waals surface area contributed by atoms with Crippen molar-refractivity contribution in [3.05, 3.63) is 12.7 Å². The second-order valence-corrected chi connectivity index (χ2v) is 10.8. The number of ether oxygens (including phenoxy) is 3. The number of likely N-dealkylation sites (tertiary alicyclic amines) is 1. The largest absolute Gasteiger partial charge is 0.377 e. The molecule has 0 aliphatic carbocycles. The molecule has 0 spiro atoms. The van der Waals surface area contributed by atoms with Crippen molar-refractivity contribution in [1.82, 2.24) is 20.9 Å². The van der Waals surface area contributed by atoms with E-state index in [4.69, 9.17) is 14.2 Å². The van der Waals surface area contributed by atoms with Crippen molar-refractivity contribution in [2.24, 2.45) is 11.8 Å². The molecule has 0 saturated carbocycles. The molecule has 3 aliphatic rings. The van der Waals surface area contributed by atoms with Gasteiger partial charge in [-0.05, 0) is 12.8 Å². The lowest BCUT2D eigenvalue weighted by atomic mass is 9.91. The fraction of sp³-hybridized carbons (Fsp3) is 0.760. The number of rotatable bonds is 17. The van der Waals surface area contributed by atoms with E-state index < -0.39 is 17.9 Å². The molecule has 12 heteroatoms. The van der Waals surface area contributed by atoms with Gasteiger partial charge >= 0.3 is 6.03 Å². The van der Waals surface area contributed by atoms with Crippen molar-refractivity contribution < 1.29 is 33.4 Å². The Morgan fingerprint density at radius 3 is 2.65 bits per heavy atom. The summed E-state index contributed by atoms with van der Waals surface area (Å²) in [5, 5.41) is 9.20. The van der Waals surface area contributed by atoms with Gasteiger partial charge in [0.15, 0.2) is 0 Å². The van der Waals surface area contributed by atoms with E-state index in [-0.39, 0.29) is 49.0 Å². The van der Waals surface area contributed by atoms with Crippen LogP contribution < -0.4 is 16.0 Å². The minimum Gasteiger partial charge on any atom is -0.377 e. The van der Waals surface area contributed by atoms with Crippen LogP contribution in [0, 0.1) is 11.8 Å². The third-order valence-electron chi connectivity index (χ3n) is 7.08. The van der Waals surface area contributed by atoms with E-state index >= 15 is 0 Å². The quantitative estimate of drug-likeness (QED) is 0.106. The zero-order chi connectivity index (χ0) is 26.8. The van der Waals surface area contributed by atoms with Gasteiger partial charge in [-0.1, -0.05) is 19.4 Å². The molecule has 0 radical (unpaired) electrons. The maximum absolute atomic E-state index is 12.6. The number of thioether (sulfide) groups is 1. The Labute approximate surface area is 222 Å². The minimum absolute atomic E-state index is 0.00674. The topological polar surface area (TPSA) is 135 Å². The van der Waals surface area contributed by atoms with Gasteiger partial charge < -0.3 is 30.2 Å². The van der Waals surface area contributed by atoms with Crippen molar-refractivity contribution in [2.75, 3.05) is 52.4 Å². The van der Waals surface area contributed by atoms with Crippen LogP contribution in [0.5, 0.6) is 0 Å². The van der Waals surface area contributed by atoms with E-state index in [9.17, 15) is 19.2 Å². The number of urea groups is 1. The molecular weight excluding hydrogens is 500 g/mol. The van der Waals surface area contributed by atoms with Crippen LogP contribution in [0.15, 0.2) is 12.7 Å². The minimum atomic E-state index is -0.554. The Hall–Kier alpha value is -2.15. The number of carbonyl (C=O) groups excluding carboxylic acids is 4. The SMILES string of the molecule is C=CC(OC)C1C(=O)N(CCOCCOCCNC(=O)CCCC[C@@H]2SC[C@@H]3NC(=O)N[C@@H]32)C(=O)C1C. The molecule has 3 saturated heterocycles. The summed E-state index contributed by atoms with van der Waals surface area (Å²) in [5.74, 6) is -0.538. The molecule has 3 aliphatic heterocycles. The fourth-order valence-corrected chi connectivity index (χ4v) is 6.58. The maximum atomic E-state index is 12.6. The average molecular weight is 541 g/mol. The zero-order valence-electron chi connectivity index (χ0n) is 21.7. The first-order valence-electron chi connectivity index (χ1n) is 13.0. The van der Waals surface area contributed by atoms with Gasteiger partial charge in [0.2, 0.25) is 17.7 Å². The number of unbranched alkanes of at least 4 members (excludes halogenated alkanes) is 1. The monoisotopic (exact) mass is 540 g/mol. The maximum Gasteiger partial charge on any atom is 0.315 e. The van der Waals surface area contributed by atoms with Crippen molar-refractivity contribution in [1.29, 1.82) is 0 Å². The lowest BCUT2D eigenvalue weighted by Gasteiger charge is -2.19. The molecule has 11 nitrogen and oxygen atoms in total. The third-order valence-corrected chi connectivity index (χ3v) is 8.59. The highest BCUT2D eigenvalue weighted by Gasteiger charge is 2.48. The summed E-state index contributed by atoms with van der Waals surface area (Å²) >= 11 is 1.89. The first-order chi connectivity index (χ1) is 17.9. The summed E-state index contributed by atoms with van der Waals surface area (Å²) in [5.41, 5.74) is 0. The molecule has 3 unspecified atom stereocenters. The second-order valence-electron chi connectivity index (χ2n) is 9.52. The molecule has 3 fully saturated rings. The summed E-state index contributed by atoms with van der Waals surface area (Å²) < 4.78 is 16.3. The van der Waals surface area contributed by atoms with Crippen LogP contribution in [0.3, 0.4) is 0 Å². The van der Waals surface area contributed by atoms with E-state index in [0.29, 0.717) is 38.0 Å². The molecule has 6 atom stereocenters. The first kappa shape index (κ1) is 29.4. The number of methoxy groups -OCH3 is 1. The third kappa shape index (κ3) is 7.92. The van der Waals surface area contributed by atoms with Gasteiger partial charge in [0, 0.05) is 31.1 Å². The predicted molar refractivity (Wildman–Crippen MR) is 139 cm³/mol. The van der Waals surface area contributed by atoms with Crippen LogP contribution in [0.4, 0.5) is 4.79 Å². The highest BCUT2D eigenvalue weighted by atomic mass is 32.2. The van der Waals surface area contributed by atoms with E-state index in [1.807, 2.05) is 11.8 Å². The Balaban J connectivity index is 1.15. The van der Waals surface area contributed by atoms with Gasteiger partial charge in [-0.15, -0.1) is 6.58 Å². The number of hydrogen-bond donors (Lipinski definition) is 3. The fourth-order valence-electron chi connectivity index (χ4n) is 5.04. The Kier molecular flexibility index (Phi) is 11.7. The van der Waals surface area contributed by atoms with Gasteiger partial charge in [0.1, 0.15) is 0 Å². The Bertz CT molecular complexity index is 829. The molecule has 3 N–H and O–H groups in total. The molecule has 37 heavy (non-hydrogen) atoms. The molecule has 0 bridgehead atoms. The van der Waals surface area contributed by atoms with Crippen LogP contribution in [0.2, 0.25) is 0 Å². The molecule has 208 valence electrons. The molecule has 5 amide bonds. The molecule has 0 aromatic carbocycles. The van der Waals surface area contributed by atoms with E-state index in [2.05, 4.69) is 22.5 Å².